The minimum atomic E-state index is 0. The van der Waals surface area contributed by atoms with Crippen molar-refractivity contribution >= 4 is 41.3 Å². The minimum Gasteiger partial charge on any atom is -0.352 e. The average Bonchev–Trinajstić information content (AvgIpc) is 2.93. The summed E-state index contributed by atoms with van der Waals surface area (Å²) in [6.45, 7) is 3.39. The van der Waals surface area contributed by atoms with Gasteiger partial charge in [0.1, 0.15) is 0 Å². The Morgan fingerprint density at radius 3 is 2.61 bits per heavy atom. The molecule has 0 spiro atoms. The van der Waals surface area contributed by atoms with E-state index in [-0.39, 0.29) is 24.0 Å². The van der Waals surface area contributed by atoms with Crippen molar-refractivity contribution in [3.63, 3.8) is 0 Å². The highest BCUT2D eigenvalue weighted by Crippen LogP contribution is 2.10. The number of hydrogen-bond donors (Lipinski definition) is 1. The van der Waals surface area contributed by atoms with Crippen LogP contribution in [-0.4, -0.2) is 29.9 Å². The van der Waals surface area contributed by atoms with Gasteiger partial charge in [-0.2, -0.15) is 5.26 Å². The van der Waals surface area contributed by atoms with Crippen LogP contribution in [0.4, 0.5) is 0 Å². The summed E-state index contributed by atoms with van der Waals surface area (Å²) in [6, 6.07) is 9.66. The van der Waals surface area contributed by atoms with E-state index in [1.54, 1.807) is 18.4 Å². The largest absolute Gasteiger partial charge is 0.352 e. The number of aromatic nitrogens is 1. The average molecular weight is 441 g/mol. The molecule has 2 aromatic rings. The number of halogens is 1. The molecule has 0 aliphatic heterocycles. The lowest BCUT2D eigenvalue weighted by atomic mass is 10.1. The van der Waals surface area contributed by atoms with Crippen LogP contribution in [0, 0.1) is 18.3 Å². The van der Waals surface area contributed by atoms with Gasteiger partial charge in [0.25, 0.3) is 0 Å². The van der Waals surface area contributed by atoms with Crippen LogP contribution in [0.1, 0.15) is 21.8 Å². The number of nitrogens with one attached hydrogen (secondary N) is 1. The Balaban J connectivity index is 0.00000264. The fourth-order valence-corrected chi connectivity index (χ4v) is 2.67. The maximum atomic E-state index is 8.80. The molecular formula is C16H20IN5S. The predicted octanol–water partition coefficient (Wildman–Crippen LogP) is 3.15. The van der Waals surface area contributed by atoms with Crippen LogP contribution in [0.25, 0.3) is 0 Å². The second-order valence-corrected chi connectivity index (χ2v) is 5.99. The lowest BCUT2D eigenvalue weighted by molar-refractivity contribution is 0.470. The van der Waals surface area contributed by atoms with Gasteiger partial charge in [-0.15, -0.1) is 35.3 Å². The Bertz CT molecular complexity index is 687. The Labute approximate surface area is 158 Å². The number of aliphatic imine (C=N–C) groups is 1. The van der Waals surface area contributed by atoms with Gasteiger partial charge in [0.2, 0.25) is 0 Å². The number of guanidine groups is 1. The molecule has 5 nitrogen and oxygen atoms in total. The fraction of sp³-hybridized carbons (Fsp3) is 0.312. The van der Waals surface area contributed by atoms with Crippen LogP contribution in [0.5, 0.6) is 0 Å². The molecule has 122 valence electrons. The molecule has 7 heteroatoms. The number of nitriles is 1. The molecule has 1 aromatic heterocycles. The zero-order valence-corrected chi connectivity index (χ0v) is 16.6. The van der Waals surface area contributed by atoms with Crippen LogP contribution < -0.4 is 5.32 Å². The Hall–Kier alpha value is -1.66. The van der Waals surface area contributed by atoms with Gasteiger partial charge >= 0.3 is 0 Å². The molecule has 1 aromatic carbocycles. The van der Waals surface area contributed by atoms with Gasteiger partial charge in [-0.05, 0) is 24.6 Å². The number of aryl methyl sites for hydroxylation is 1. The minimum absolute atomic E-state index is 0. The van der Waals surface area contributed by atoms with Gasteiger partial charge in [0.15, 0.2) is 5.96 Å². The second kappa shape index (κ2) is 9.47. The molecule has 0 saturated heterocycles. The van der Waals surface area contributed by atoms with Crippen molar-refractivity contribution in [2.24, 2.45) is 4.99 Å². The number of rotatable bonds is 4. The molecule has 0 radical (unpaired) electrons. The van der Waals surface area contributed by atoms with Gasteiger partial charge in [-0.25, -0.2) is 4.98 Å². The summed E-state index contributed by atoms with van der Waals surface area (Å²) < 4.78 is 0. The SMILES string of the molecule is CN=C(NCc1ccc(C#N)cc1)N(C)Cc1csc(C)n1.I. The third kappa shape index (κ3) is 5.80. The van der Waals surface area contributed by atoms with Gasteiger partial charge in [-0.1, -0.05) is 12.1 Å². The summed E-state index contributed by atoms with van der Waals surface area (Å²) >= 11 is 1.65. The number of nitrogens with zero attached hydrogens (tertiary/aromatic N) is 4. The van der Waals surface area contributed by atoms with E-state index in [2.05, 4.69) is 26.7 Å². The summed E-state index contributed by atoms with van der Waals surface area (Å²) in [4.78, 5) is 10.8. The first-order chi connectivity index (χ1) is 10.6. The quantitative estimate of drug-likeness (QED) is 0.450. The molecule has 0 saturated carbocycles. The lowest BCUT2D eigenvalue weighted by Gasteiger charge is -2.21. The molecule has 0 unspecified atom stereocenters. The highest BCUT2D eigenvalue weighted by atomic mass is 127. The van der Waals surface area contributed by atoms with Crippen LogP contribution in [-0.2, 0) is 13.1 Å². The summed E-state index contributed by atoms with van der Waals surface area (Å²) in [5.74, 6) is 0.815. The van der Waals surface area contributed by atoms with Crippen LogP contribution in [0.15, 0.2) is 34.6 Å². The summed E-state index contributed by atoms with van der Waals surface area (Å²) in [5.41, 5.74) is 2.83. The first kappa shape index (κ1) is 19.4. The van der Waals surface area contributed by atoms with Crippen molar-refractivity contribution in [3.05, 3.63) is 51.5 Å². The maximum absolute atomic E-state index is 8.80. The topological polar surface area (TPSA) is 64.3 Å². The van der Waals surface area contributed by atoms with E-state index in [1.807, 2.05) is 43.1 Å². The monoisotopic (exact) mass is 441 g/mol. The summed E-state index contributed by atoms with van der Waals surface area (Å²) in [5, 5.41) is 15.3. The smallest absolute Gasteiger partial charge is 0.194 e. The van der Waals surface area contributed by atoms with Crippen molar-refractivity contribution in [2.75, 3.05) is 14.1 Å². The molecular weight excluding hydrogens is 421 g/mol. The maximum Gasteiger partial charge on any atom is 0.194 e. The van der Waals surface area contributed by atoms with E-state index in [9.17, 15) is 0 Å². The van der Waals surface area contributed by atoms with Crippen molar-refractivity contribution in [2.45, 2.75) is 20.0 Å². The standard InChI is InChI=1S/C16H19N5S.HI/c1-12-20-15(11-22-12)10-21(3)16(18-2)19-9-14-6-4-13(8-17)5-7-14;/h4-7,11H,9-10H2,1-3H3,(H,18,19);1H. The lowest BCUT2D eigenvalue weighted by Crippen LogP contribution is -2.38. The van der Waals surface area contributed by atoms with Crippen molar-refractivity contribution < 1.29 is 0 Å². The normalized spacial score (nSPS) is 10.6. The van der Waals surface area contributed by atoms with E-state index in [0.717, 1.165) is 28.8 Å². The zero-order valence-electron chi connectivity index (χ0n) is 13.4. The molecule has 0 aliphatic carbocycles. The fourth-order valence-electron chi connectivity index (χ4n) is 2.06. The summed E-state index contributed by atoms with van der Waals surface area (Å²) in [7, 11) is 3.76. The number of thiazole rings is 1. The van der Waals surface area contributed by atoms with Crippen LogP contribution >= 0.6 is 35.3 Å². The van der Waals surface area contributed by atoms with E-state index in [0.29, 0.717) is 12.1 Å². The Morgan fingerprint density at radius 1 is 1.39 bits per heavy atom. The molecule has 1 heterocycles. The first-order valence-corrected chi connectivity index (χ1v) is 7.82. The predicted molar refractivity (Wildman–Crippen MR) is 105 cm³/mol. The van der Waals surface area contributed by atoms with Gasteiger partial charge in [-0.3, -0.25) is 4.99 Å². The highest BCUT2D eigenvalue weighted by molar-refractivity contribution is 14.0. The van der Waals surface area contributed by atoms with Gasteiger partial charge in [0, 0.05) is 26.0 Å². The van der Waals surface area contributed by atoms with Crippen molar-refractivity contribution in [3.8, 4) is 6.07 Å². The number of benzene rings is 1. The Morgan fingerprint density at radius 2 is 2.09 bits per heavy atom. The summed E-state index contributed by atoms with van der Waals surface area (Å²) in [6.07, 6.45) is 0. The molecule has 2 rings (SSSR count). The van der Waals surface area contributed by atoms with Crippen molar-refractivity contribution in [1.29, 1.82) is 5.26 Å². The molecule has 0 amide bonds. The van der Waals surface area contributed by atoms with Crippen LogP contribution in [0.3, 0.4) is 0 Å². The molecule has 0 bridgehead atoms. The number of hydrogen-bond acceptors (Lipinski definition) is 4. The highest BCUT2D eigenvalue weighted by Gasteiger charge is 2.08. The molecule has 0 atom stereocenters. The first-order valence-electron chi connectivity index (χ1n) is 6.94. The Kier molecular flexibility index (Phi) is 7.98. The van der Waals surface area contributed by atoms with E-state index in [1.165, 1.54) is 0 Å². The zero-order chi connectivity index (χ0) is 15.9. The van der Waals surface area contributed by atoms with Crippen LogP contribution in [0.2, 0.25) is 0 Å². The van der Waals surface area contributed by atoms with E-state index >= 15 is 0 Å². The third-order valence-corrected chi connectivity index (χ3v) is 4.00. The molecule has 0 aliphatic rings. The second-order valence-electron chi connectivity index (χ2n) is 4.92. The molecule has 1 N–H and O–H groups in total. The van der Waals surface area contributed by atoms with Crippen molar-refractivity contribution in [1.82, 2.24) is 15.2 Å². The molecule has 23 heavy (non-hydrogen) atoms. The molecule has 0 fully saturated rings. The van der Waals surface area contributed by atoms with E-state index in [4.69, 9.17) is 5.26 Å². The third-order valence-electron chi connectivity index (χ3n) is 3.17. The van der Waals surface area contributed by atoms with E-state index < -0.39 is 0 Å². The van der Waals surface area contributed by atoms with Gasteiger partial charge < -0.3 is 10.2 Å². The van der Waals surface area contributed by atoms with Gasteiger partial charge in [0.05, 0.1) is 28.9 Å².